The van der Waals surface area contributed by atoms with Crippen molar-refractivity contribution in [3.05, 3.63) is 42.2 Å². The van der Waals surface area contributed by atoms with Crippen molar-refractivity contribution >= 4 is 17.5 Å². The highest BCUT2D eigenvalue weighted by Crippen LogP contribution is 2.30. The van der Waals surface area contributed by atoms with Gasteiger partial charge in [0, 0.05) is 44.1 Å². The SMILES string of the molecule is O=C(Nc1ccc(C(F)(F)F)cc1)N1CCC(Oc2nccnc2N2CCOCC2)C1. The van der Waals surface area contributed by atoms with Crippen LogP contribution >= 0.6 is 0 Å². The number of morpholine rings is 1. The van der Waals surface area contributed by atoms with E-state index in [0.717, 1.165) is 12.1 Å². The molecule has 1 unspecified atom stereocenters. The normalized spacial score (nSPS) is 19.4. The van der Waals surface area contributed by atoms with Crippen LogP contribution in [0, 0.1) is 0 Å². The number of hydrogen-bond donors (Lipinski definition) is 1. The number of halogens is 3. The number of nitrogens with zero attached hydrogens (tertiary/aromatic N) is 4. The second-order valence-electron chi connectivity index (χ2n) is 7.26. The molecule has 3 heterocycles. The number of hydrogen-bond acceptors (Lipinski definition) is 6. The maximum Gasteiger partial charge on any atom is 0.416 e. The minimum absolute atomic E-state index is 0.255. The summed E-state index contributed by atoms with van der Waals surface area (Å²) < 4.78 is 49.4. The summed E-state index contributed by atoms with van der Waals surface area (Å²) in [6, 6.07) is 3.95. The van der Waals surface area contributed by atoms with Crippen molar-refractivity contribution in [3.63, 3.8) is 0 Å². The van der Waals surface area contributed by atoms with Crippen LogP contribution in [0.1, 0.15) is 12.0 Å². The molecular weight excluding hydrogens is 415 g/mol. The lowest BCUT2D eigenvalue weighted by Crippen LogP contribution is -2.37. The highest BCUT2D eigenvalue weighted by Gasteiger charge is 2.31. The average molecular weight is 437 g/mol. The summed E-state index contributed by atoms with van der Waals surface area (Å²) in [6.45, 7) is 3.41. The first-order chi connectivity index (χ1) is 14.9. The van der Waals surface area contributed by atoms with Crippen molar-refractivity contribution in [2.75, 3.05) is 49.6 Å². The van der Waals surface area contributed by atoms with E-state index in [0.29, 0.717) is 63.2 Å². The number of urea groups is 1. The zero-order valence-corrected chi connectivity index (χ0v) is 16.6. The number of amides is 2. The van der Waals surface area contributed by atoms with Gasteiger partial charge in [-0.2, -0.15) is 13.2 Å². The number of alkyl halides is 3. The maximum atomic E-state index is 12.7. The van der Waals surface area contributed by atoms with Crippen LogP contribution in [-0.4, -0.2) is 66.4 Å². The third-order valence-electron chi connectivity index (χ3n) is 5.13. The lowest BCUT2D eigenvalue weighted by atomic mass is 10.2. The van der Waals surface area contributed by atoms with Crippen molar-refractivity contribution < 1.29 is 27.4 Å². The fraction of sp³-hybridized carbons (Fsp3) is 0.450. The Hall–Kier alpha value is -3.08. The Balaban J connectivity index is 1.34. The molecule has 2 saturated heterocycles. The lowest BCUT2D eigenvalue weighted by molar-refractivity contribution is -0.137. The summed E-state index contributed by atoms with van der Waals surface area (Å²) >= 11 is 0. The molecule has 0 aliphatic carbocycles. The molecule has 2 aliphatic rings. The molecule has 1 aromatic carbocycles. The number of ether oxygens (including phenoxy) is 2. The number of likely N-dealkylation sites (tertiary alicyclic amines) is 1. The van der Waals surface area contributed by atoms with Gasteiger partial charge in [-0.3, -0.25) is 0 Å². The quantitative estimate of drug-likeness (QED) is 0.792. The second-order valence-corrected chi connectivity index (χ2v) is 7.26. The van der Waals surface area contributed by atoms with Gasteiger partial charge in [0.2, 0.25) is 0 Å². The van der Waals surface area contributed by atoms with Crippen LogP contribution < -0.4 is 15.0 Å². The predicted molar refractivity (Wildman–Crippen MR) is 106 cm³/mol. The molecule has 2 fully saturated rings. The molecule has 0 radical (unpaired) electrons. The van der Waals surface area contributed by atoms with E-state index in [1.165, 1.54) is 12.1 Å². The fourth-order valence-electron chi connectivity index (χ4n) is 3.50. The van der Waals surface area contributed by atoms with Gasteiger partial charge in [-0.25, -0.2) is 14.8 Å². The van der Waals surface area contributed by atoms with E-state index in [1.807, 2.05) is 0 Å². The number of anilines is 2. The summed E-state index contributed by atoms with van der Waals surface area (Å²) in [5.41, 5.74) is -0.467. The maximum absolute atomic E-state index is 12.7. The first-order valence-electron chi connectivity index (χ1n) is 9.94. The molecule has 31 heavy (non-hydrogen) atoms. The number of carbonyl (C=O) groups is 1. The lowest BCUT2D eigenvalue weighted by Gasteiger charge is -2.29. The summed E-state index contributed by atoms with van der Waals surface area (Å²) in [4.78, 5) is 24.8. The average Bonchev–Trinajstić information content (AvgIpc) is 3.23. The van der Waals surface area contributed by atoms with E-state index in [9.17, 15) is 18.0 Å². The van der Waals surface area contributed by atoms with Crippen LogP contribution in [0.25, 0.3) is 0 Å². The number of aromatic nitrogens is 2. The molecule has 1 N–H and O–H groups in total. The van der Waals surface area contributed by atoms with Gasteiger partial charge in [0.15, 0.2) is 5.82 Å². The van der Waals surface area contributed by atoms with Crippen molar-refractivity contribution in [1.29, 1.82) is 0 Å². The topological polar surface area (TPSA) is 79.8 Å². The summed E-state index contributed by atoms with van der Waals surface area (Å²) in [6.07, 6.45) is -0.892. The smallest absolute Gasteiger partial charge is 0.416 e. The number of nitrogens with one attached hydrogen (secondary N) is 1. The number of benzene rings is 1. The van der Waals surface area contributed by atoms with Crippen LogP contribution in [0.3, 0.4) is 0 Å². The van der Waals surface area contributed by atoms with E-state index >= 15 is 0 Å². The Kier molecular flexibility index (Phi) is 6.12. The van der Waals surface area contributed by atoms with Crippen molar-refractivity contribution in [3.8, 4) is 5.88 Å². The second kappa shape index (κ2) is 8.96. The molecule has 1 aromatic heterocycles. The molecule has 0 saturated carbocycles. The molecule has 0 bridgehead atoms. The molecule has 11 heteroatoms. The van der Waals surface area contributed by atoms with Crippen LogP contribution in [-0.2, 0) is 10.9 Å². The monoisotopic (exact) mass is 437 g/mol. The molecule has 0 spiro atoms. The van der Waals surface area contributed by atoms with Crippen molar-refractivity contribution in [1.82, 2.24) is 14.9 Å². The molecule has 2 amide bonds. The molecule has 8 nitrogen and oxygen atoms in total. The van der Waals surface area contributed by atoms with Gasteiger partial charge in [0.25, 0.3) is 5.88 Å². The molecule has 2 aromatic rings. The molecule has 2 aliphatic heterocycles. The van der Waals surface area contributed by atoms with Crippen molar-refractivity contribution in [2.24, 2.45) is 0 Å². The third-order valence-corrected chi connectivity index (χ3v) is 5.13. The summed E-state index contributed by atoms with van der Waals surface area (Å²) in [7, 11) is 0. The first-order valence-corrected chi connectivity index (χ1v) is 9.94. The third kappa shape index (κ3) is 5.16. The van der Waals surface area contributed by atoms with Crippen LogP contribution in [0.4, 0.5) is 29.5 Å². The fourth-order valence-corrected chi connectivity index (χ4v) is 3.50. The Morgan fingerprint density at radius 3 is 2.52 bits per heavy atom. The minimum Gasteiger partial charge on any atom is -0.470 e. The predicted octanol–water partition coefficient (Wildman–Crippen LogP) is 3.02. The molecule has 166 valence electrons. The molecular formula is C20H22F3N5O3. The van der Waals surface area contributed by atoms with Gasteiger partial charge < -0.3 is 24.6 Å². The van der Waals surface area contributed by atoms with Crippen LogP contribution in [0.5, 0.6) is 5.88 Å². The van der Waals surface area contributed by atoms with E-state index in [-0.39, 0.29) is 6.10 Å². The van der Waals surface area contributed by atoms with Gasteiger partial charge in [-0.15, -0.1) is 0 Å². The Bertz CT molecular complexity index is 904. The standard InChI is InChI=1S/C20H22F3N5O3/c21-20(22,23)14-1-3-15(4-2-14)26-19(29)28-8-5-16(13-28)31-18-17(24-6-7-25-18)27-9-11-30-12-10-27/h1-4,6-7,16H,5,8-13H2,(H,26,29). The summed E-state index contributed by atoms with van der Waals surface area (Å²) in [5.74, 6) is 1.07. The van der Waals surface area contributed by atoms with Gasteiger partial charge in [-0.1, -0.05) is 0 Å². The van der Waals surface area contributed by atoms with E-state index in [1.54, 1.807) is 17.3 Å². The zero-order valence-electron chi connectivity index (χ0n) is 16.6. The Morgan fingerprint density at radius 2 is 1.81 bits per heavy atom. The molecule has 1 atom stereocenters. The minimum atomic E-state index is -4.41. The van der Waals surface area contributed by atoms with Gasteiger partial charge in [0.1, 0.15) is 6.10 Å². The van der Waals surface area contributed by atoms with Crippen LogP contribution in [0.15, 0.2) is 36.7 Å². The van der Waals surface area contributed by atoms with Gasteiger partial charge >= 0.3 is 12.2 Å². The van der Waals surface area contributed by atoms with E-state index in [4.69, 9.17) is 9.47 Å². The van der Waals surface area contributed by atoms with Crippen LogP contribution in [0.2, 0.25) is 0 Å². The Morgan fingerprint density at radius 1 is 1.10 bits per heavy atom. The highest BCUT2D eigenvalue weighted by atomic mass is 19.4. The number of carbonyl (C=O) groups excluding carboxylic acids is 1. The highest BCUT2D eigenvalue weighted by molar-refractivity contribution is 5.89. The summed E-state index contributed by atoms with van der Waals surface area (Å²) in [5, 5.41) is 2.62. The largest absolute Gasteiger partial charge is 0.470 e. The first kappa shape index (κ1) is 21.2. The van der Waals surface area contributed by atoms with E-state index in [2.05, 4.69) is 20.2 Å². The Labute approximate surface area is 177 Å². The van der Waals surface area contributed by atoms with Gasteiger partial charge in [0.05, 0.1) is 25.3 Å². The van der Waals surface area contributed by atoms with Gasteiger partial charge in [-0.05, 0) is 24.3 Å². The number of rotatable bonds is 4. The van der Waals surface area contributed by atoms with Crippen molar-refractivity contribution in [2.45, 2.75) is 18.7 Å². The van der Waals surface area contributed by atoms with E-state index < -0.39 is 17.8 Å². The zero-order chi connectivity index (χ0) is 21.8. The molecule has 4 rings (SSSR count).